The number of benzene rings is 2. The smallest absolute Gasteiger partial charge is 0.251 e. The molecule has 2 aromatic carbocycles. The summed E-state index contributed by atoms with van der Waals surface area (Å²) in [6.07, 6.45) is 8.35. The molecule has 5 nitrogen and oxygen atoms in total. The van der Waals surface area contributed by atoms with Gasteiger partial charge in [0.15, 0.2) is 0 Å². The highest BCUT2D eigenvalue weighted by molar-refractivity contribution is 5.94. The van der Waals surface area contributed by atoms with Crippen LogP contribution in [0.25, 0.3) is 0 Å². The number of methoxy groups -OCH3 is 2. The van der Waals surface area contributed by atoms with Crippen LogP contribution in [0.3, 0.4) is 0 Å². The molecule has 0 radical (unpaired) electrons. The van der Waals surface area contributed by atoms with Crippen molar-refractivity contribution in [2.75, 3.05) is 14.2 Å². The van der Waals surface area contributed by atoms with E-state index in [1.165, 1.54) is 32.1 Å². The van der Waals surface area contributed by atoms with Gasteiger partial charge in [-0.25, -0.2) is 0 Å². The minimum Gasteiger partial charge on any atom is -0.497 e. The molecular formula is C24H31NO4. The molecule has 1 amide bonds. The molecular weight excluding hydrogens is 366 g/mol. The maximum Gasteiger partial charge on any atom is 0.251 e. The molecule has 1 aliphatic rings. The van der Waals surface area contributed by atoms with Crippen LogP contribution in [-0.4, -0.2) is 26.2 Å². The van der Waals surface area contributed by atoms with Crippen molar-refractivity contribution in [2.45, 2.75) is 57.6 Å². The molecule has 29 heavy (non-hydrogen) atoms. The lowest BCUT2D eigenvalue weighted by atomic mass is 9.96. The Hall–Kier alpha value is -2.69. The fraction of sp³-hybridized carbons (Fsp3) is 0.458. The number of carbonyl (C=O) groups is 1. The van der Waals surface area contributed by atoms with Crippen LogP contribution in [0.4, 0.5) is 0 Å². The fourth-order valence-electron chi connectivity index (χ4n) is 3.75. The Kier molecular flexibility index (Phi) is 7.79. The lowest BCUT2D eigenvalue weighted by Gasteiger charge is -2.21. The molecule has 0 bridgehead atoms. The zero-order valence-electron chi connectivity index (χ0n) is 17.4. The summed E-state index contributed by atoms with van der Waals surface area (Å²) in [5.74, 6) is 2.12. The quantitative estimate of drug-likeness (QED) is 0.704. The van der Waals surface area contributed by atoms with Crippen LogP contribution in [0.1, 0.15) is 60.9 Å². The number of rotatable bonds is 7. The fourth-order valence-corrected chi connectivity index (χ4v) is 3.75. The summed E-state index contributed by atoms with van der Waals surface area (Å²) in [6.45, 7) is 0.306. The van der Waals surface area contributed by atoms with E-state index in [9.17, 15) is 4.79 Å². The third-order valence-corrected chi connectivity index (χ3v) is 5.42. The normalized spacial score (nSPS) is 15.1. The minimum absolute atomic E-state index is 0.0270. The highest BCUT2D eigenvalue weighted by atomic mass is 16.5. The topological polar surface area (TPSA) is 56.8 Å². The Balaban J connectivity index is 1.67. The molecule has 5 heteroatoms. The van der Waals surface area contributed by atoms with Crippen molar-refractivity contribution in [3.8, 4) is 17.2 Å². The second-order valence-electron chi connectivity index (χ2n) is 7.51. The van der Waals surface area contributed by atoms with Crippen molar-refractivity contribution in [1.29, 1.82) is 0 Å². The predicted octanol–water partition coefficient (Wildman–Crippen LogP) is 5.13. The molecule has 3 rings (SSSR count). The number of ether oxygens (including phenoxy) is 3. The first kappa shape index (κ1) is 21.0. The second kappa shape index (κ2) is 10.7. The van der Waals surface area contributed by atoms with Crippen LogP contribution < -0.4 is 19.5 Å². The van der Waals surface area contributed by atoms with Gasteiger partial charge in [-0.3, -0.25) is 4.79 Å². The van der Waals surface area contributed by atoms with Crippen LogP contribution in [0.15, 0.2) is 42.5 Å². The number of amides is 1. The van der Waals surface area contributed by atoms with Gasteiger partial charge >= 0.3 is 0 Å². The third kappa shape index (κ3) is 6.14. The van der Waals surface area contributed by atoms with Gasteiger partial charge in [-0.05, 0) is 43.2 Å². The van der Waals surface area contributed by atoms with E-state index in [-0.39, 0.29) is 11.9 Å². The standard InChI is InChI=1S/C24H31NO4/c1-27-21-11-8-12-22(16-21)29-17-19-15-18(13-14-23(19)28-2)24(26)25-20-9-6-4-3-5-7-10-20/h8,11-16,20H,3-7,9-10,17H2,1-2H3,(H,25,26). The summed E-state index contributed by atoms with van der Waals surface area (Å²) in [5, 5.41) is 3.22. The van der Waals surface area contributed by atoms with Crippen LogP contribution in [0.5, 0.6) is 17.2 Å². The molecule has 1 aliphatic carbocycles. The molecule has 2 aromatic rings. The number of carbonyl (C=O) groups excluding carboxylic acids is 1. The molecule has 1 saturated carbocycles. The first-order valence-electron chi connectivity index (χ1n) is 10.4. The SMILES string of the molecule is COc1cccc(OCc2cc(C(=O)NC3CCCCCCC3)ccc2OC)c1. The van der Waals surface area contributed by atoms with Crippen molar-refractivity contribution in [1.82, 2.24) is 5.32 Å². The number of hydrogen-bond donors (Lipinski definition) is 1. The summed E-state index contributed by atoms with van der Waals surface area (Å²) in [6, 6.07) is 13.2. The first-order valence-corrected chi connectivity index (χ1v) is 10.4. The van der Waals surface area contributed by atoms with Crippen LogP contribution in [0.2, 0.25) is 0 Å². The molecule has 0 aliphatic heterocycles. The van der Waals surface area contributed by atoms with E-state index in [0.29, 0.717) is 23.7 Å². The monoisotopic (exact) mass is 397 g/mol. The van der Waals surface area contributed by atoms with Crippen molar-refractivity contribution >= 4 is 5.91 Å². The van der Waals surface area contributed by atoms with E-state index < -0.39 is 0 Å². The van der Waals surface area contributed by atoms with Crippen LogP contribution >= 0.6 is 0 Å². The zero-order chi connectivity index (χ0) is 20.5. The molecule has 0 saturated heterocycles. The Morgan fingerprint density at radius 1 is 0.931 bits per heavy atom. The second-order valence-corrected chi connectivity index (χ2v) is 7.51. The maximum absolute atomic E-state index is 12.8. The Labute approximate surface area is 173 Å². The lowest BCUT2D eigenvalue weighted by Crippen LogP contribution is -2.35. The van der Waals surface area contributed by atoms with Gasteiger partial charge in [0.2, 0.25) is 0 Å². The first-order chi connectivity index (χ1) is 14.2. The van der Waals surface area contributed by atoms with E-state index in [2.05, 4.69) is 5.32 Å². The van der Waals surface area contributed by atoms with Crippen LogP contribution in [0, 0.1) is 0 Å². The molecule has 0 unspecified atom stereocenters. The van der Waals surface area contributed by atoms with E-state index in [4.69, 9.17) is 14.2 Å². The summed E-state index contributed by atoms with van der Waals surface area (Å²) < 4.78 is 16.6. The summed E-state index contributed by atoms with van der Waals surface area (Å²) in [7, 11) is 3.25. The zero-order valence-corrected chi connectivity index (χ0v) is 17.4. The van der Waals surface area contributed by atoms with Gasteiger partial charge in [-0.1, -0.05) is 38.2 Å². The van der Waals surface area contributed by atoms with Gasteiger partial charge in [0.25, 0.3) is 5.91 Å². The average Bonchev–Trinajstić information content (AvgIpc) is 2.74. The van der Waals surface area contributed by atoms with E-state index >= 15 is 0 Å². The highest BCUT2D eigenvalue weighted by Crippen LogP contribution is 2.25. The van der Waals surface area contributed by atoms with Crippen molar-refractivity contribution < 1.29 is 19.0 Å². The van der Waals surface area contributed by atoms with Gasteiger partial charge in [-0.2, -0.15) is 0 Å². The Bertz CT molecular complexity index is 797. The number of nitrogens with one attached hydrogen (secondary N) is 1. The van der Waals surface area contributed by atoms with Gasteiger partial charge < -0.3 is 19.5 Å². The summed E-state index contributed by atoms with van der Waals surface area (Å²) in [4.78, 5) is 12.8. The molecule has 0 aromatic heterocycles. The van der Waals surface area contributed by atoms with E-state index in [1.807, 2.05) is 42.5 Å². The summed E-state index contributed by atoms with van der Waals surface area (Å²) >= 11 is 0. The highest BCUT2D eigenvalue weighted by Gasteiger charge is 2.17. The van der Waals surface area contributed by atoms with Gasteiger partial charge in [0.05, 0.1) is 14.2 Å². The third-order valence-electron chi connectivity index (χ3n) is 5.42. The maximum atomic E-state index is 12.8. The van der Waals surface area contributed by atoms with Gasteiger partial charge in [0.1, 0.15) is 23.9 Å². The van der Waals surface area contributed by atoms with Gasteiger partial charge in [-0.15, -0.1) is 0 Å². The molecule has 1 N–H and O–H groups in total. The van der Waals surface area contributed by atoms with Gasteiger partial charge in [0, 0.05) is 23.2 Å². The van der Waals surface area contributed by atoms with Crippen molar-refractivity contribution in [2.24, 2.45) is 0 Å². The molecule has 0 atom stereocenters. The van der Waals surface area contributed by atoms with E-state index in [1.54, 1.807) is 14.2 Å². The molecule has 0 spiro atoms. The molecule has 0 heterocycles. The molecule has 156 valence electrons. The lowest BCUT2D eigenvalue weighted by molar-refractivity contribution is 0.0930. The largest absolute Gasteiger partial charge is 0.497 e. The predicted molar refractivity (Wildman–Crippen MR) is 114 cm³/mol. The summed E-state index contributed by atoms with van der Waals surface area (Å²) in [5.41, 5.74) is 1.47. The molecule has 1 fully saturated rings. The van der Waals surface area contributed by atoms with Crippen LogP contribution in [-0.2, 0) is 6.61 Å². The average molecular weight is 398 g/mol. The number of hydrogen-bond acceptors (Lipinski definition) is 4. The van der Waals surface area contributed by atoms with Crippen molar-refractivity contribution in [3.63, 3.8) is 0 Å². The van der Waals surface area contributed by atoms with Crippen molar-refractivity contribution in [3.05, 3.63) is 53.6 Å². The van der Waals surface area contributed by atoms with E-state index in [0.717, 1.165) is 24.2 Å². The minimum atomic E-state index is -0.0270. The Morgan fingerprint density at radius 3 is 2.38 bits per heavy atom. The Morgan fingerprint density at radius 2 is 1.66 bits per heavy atom.